The summed E-state index contributed by atoms with van der Waals surface area (Å²) in [5, 5.41) is 0. The van der Waals surface area contributed by atoms with Crippen molar-refractivity contribution >= 4 is 5.91 Å². The number of benzene rings is 2. The largest absolute Gasteiger partial charge is 0.447 e. The van der Waals surface area contributed by atoms with E-state index in [9.17, 15) is 13.6 Å². The van der Waals surface area contributed by atoms with E-state index in [-0.39, 0.29) is 17.5 Å². The van der Waals surface area contributed by atoms with Gasteiger partial charge in [-0.2, -0.15) is 0 Å². The average molecular weight is 411 g/mol. The third kappa shape index (κ3) is 5.10. The van der Waals surface area contributed by atoms with Gasteiger partial charge in [0.05, 0.1) is 6.54 Å². The molecule has 7 heteroatoms. The Bertz CT molecular complexity index is 998. The molecule has 1 aromatic heterocycles. The minimum atomic E-state index is -0.302. The first-order valence-corrected chi connectivity index (χ1v) is 10.0. The third-order valence-corrected chi connectivity index (χ3v) is 5.14. The molecule has 1 amide bonds. The summed E-state index contributed by atoms with van der Waals surface area (Å²) >= 11 is 0. The number of rotatable bonds is 7. The van der Waals surface area contributed by atoms with Crippen molar-refractivity contribution in [1.29, 1.82) is 0 Å². The molecule has 0 radical (unpaired) electrons. The fourth-order valence-electron chi connectivity index (χ4n) is 3.66. The first kappa shape index (κ1) is 20.2. The Labute approximate surface area is 173 Å². The summed E-state index contributed by atoms with van der Waals surface area (Å²) in [7, 11) is 0. The number of oxazole rings is 1. The van der Waals surface area contributed by atoms with Crippen LogP contribution in [0.25, 0.3) is 0 Å². The van der Waals surface area contributed by atoms with E-state index >= 15 is 0 Å². The van der Waals surface area contributed by atoms with Crippen LogP contribution in [0.3, 0.4) is 0 Å². The Morgan fingerprint density at radius 2 is 1.70 bits per heavy atom. The van der Waals surface area contributed by atoms with Gasteiger partial charge >= 0.3 is 0 Å². The van der Waals surface area contributed by atoms with Crippen LogP contribution in [0, 0.1) is 11.6 Å². The Hall–Kier alpha value is -3.06. The van der Waals surface area contributed by atoms with E-state index in [0.717, 1.165) is 37.1 Å². The van der Waals surface area contributed by atoms with Gasteiger partial charge in [0, 0.05) is 26.2 Å². The van der Waals surface area contributed by atoms with Crippen molar-refractivity contribution in [3.05, 3.63) is 89.1 Å². The third-order valence-electron chi connectivity index (χ3n) is 5.14. The van der Waals surface area contributed by atoms with Gasteiger partial charge in [-0.05, 0) is 48.2 Å². The van der Waals surface area contributed by atoms with Crippen molar-refractivity contribution in [2.75, 3.05) is 13.1 Å². The lowest BCUT2D eigenvalue weighted by Gasteiger charge is -2.21. The average Bonchev–Trinajstić information content (AvgIpc) is 3.41. The number of amides is 1. The highest BCUT2D eigenvalue weighted by Crippen LogP contribution is 2.17. The van der Waals surface area contributed by atoms with Crippen LogP contribution < -0.4 is 0 Å². The van der Waals surface area contributed by atoms with Crippen LogP contribution in [0.2, 0.25) is 0 Å². The van der Waals surface area contributed by atoms with Crippen molar-refractivity contribution in [3.8, 4) is 0 Å². The number of carbonyl (C=O) groups is 1. The van der Waals surface area contributed by atoms with Gasteiger partial charge < -0.3 is 9.32 Å². The zero-order chi connectivity index (χ0) is 20.9. The number of likely N-dealkylation sites (tertiary alicyclic amines) is 1. The molecule has 0 spiro atoms. The van der Waals surface area contributed by atoms with E-state index in [4.69, 9.17) is 4.42 Å². The molecular weight excluding hydrogens is 388 g/mol. The summed E-state index contributed by atoms with van der Waals surface area (Å²) in [6, 6.07) is 12.6. The molecule has 0 atom stereocenters. The molecule has 0 bridgehead atoms. The number of nitrogens with zero attached hydrogens (tertiary/aromatic N) is 3. The molecule has 1 saturated heterocycles. The van der Waals surface area contributed by atoms with Gasteiger partial charge in [0.15, 0.2) is 5.69 Å². The summed E-state index contributed by atoms with van der Waals surface area (Å²) in [5.41, 5.74) is 2.02. The number of carbonyl (C=O) groups excluding carboxylic acids is 1. The van der Waals surface area contributed by atoms with Gasteiger partial charge in [0.2, 0.25) is 5.89 Å². The maximum atomic E-state index is 13.6. The summed E-state index contributed by atoms with van der Waals surface area (Å²) in [6.07, 6.45) is 3.42. The monoisotopic (exact) mass is 411 g/mol. The summed E-state index contributed by atoms with van der Waals surface area (Å²) < 4.78 is 32.4. The first-order valence-electron chi connectivity index (χ1n) is 10.0. The summed E-state index contributed by atoms with van der Waals surface area (Å²) in [4.78, 5) is 20.7. The van der Waals surface area contributed by atoms with Crippen LogP contribution in [0.1, 0.15) is 40.3 Å². The molecule has 5 nitrogen and oxygen atoms in total. The van der Waals surface area contributed by atoms with E-state index < -0.39 is 0 Å². The summed E-state index contributed by atoms with van der Waals surface area (Å²) in [5.74, 6) is -0.300. The number of hydrogen-bond donors (Lipinski definition) is 0. The van der Waals surface area contributed by atoms with Crippen molar-refractivity contribution in [2.45, 2.75) is 32.5 Å². The highest BCUT2D eigenvalue weighted by Gasteiger charge is 2.23. The topological polar surface area (TPSA) is 49.6 Å². The molecule has 1 fully saturated rings. The van der Waals surface area contributed by atoms with Gasteiger partial charge in [-0.25, -0.2) is 13.8 Å². The summed E-state index contributed by atoms with van der Waals surface area (Å²) in [6.45, 7) is 2.78. The SMILES string of the molecule is O=C(c1coc(CN(Cc2ccc(F)cc2)Cc2cccc(F)c2)n1)N1CCCC1. The highest BCUT2D eigenvalue weighted by atomic mass is 19.1. The number of hydrogen-bond acceptors (Lipinski definition) is 4. The van der Waals surface area contributed by atoms with E-state index in [0.29, 0.717) is 31.2 Å². The first-order chi connectivity index (χ1) is 14.6. The Kier molecular flexibility index (Phi) is 6.18. The molecule has 2 heterocycles. The lowest BCUT2D eigenvalue weighted by molar-refractivity contribution is 0.0787. The predicted molar refractivity (Wildman–Crippen MR) is 107 cm³/mol. The normalized spacial score (nSPS) is 13.9. The number of aromatic nitrogens is 1. The molecule has 1 aliphatic rings. The Morgan fingerprint density at radius 1 is 0.967 bits per heavy atom. The van der Waals surface area contributed by atoms with E-state index in [1.54, 1.807) is 23.1 Å². The molecule has 0 saturated carbocycles. The fraction of sp³-hybridized carbons (Fsp3) is 0.304. The molecule has 2 aromatic carbocycles. The van der Waals surface area contributed by atoms with Crippen LogP contribution >= 0.6 is 0 Å². The molecule has 30 heavy (non-hydrogen) atoms. The molecule has 0 aliphatic carbocycles. The molecule has 1 aliphatic heterocycles. The van der Waals surface area contributed by atoms with Crippen molar-refractivity contribution < 1.29 is 18.0 Å². The smallest absolute Gasteiger partial charge is 0.275 e. The van der Waals surface area contributed by atoms with Gasteiger partial charge in [-0.3, -0.25) is 9.69 Å². The Morgan fingerprint density at radius 3 is 2.43 bits per heavy atom. The van der Waals surface area contributed by atoms with Crippen molar-refractivity contribution in [3.63, 3.8) is 0 Å². The van der Waals surface area contributed by atoms with Gasteiger partial charge in [0.25, 0.3) is 5.91 Å². The van der Waals surface area contributed by atoms with Gasteiger partial charge in [-0.15, -0.1) is 0 Å². The van der Waals surface area contributed by atoms with E-state index in [1.165, 1.54) is 30.5 Å². The lowest BCUT2D eigenvalue weighted by atomic mass is 10.1. The molecule has 156 valence electrons. The molecule has 4 rings (SSSR count). The van der Waals surface area contributed by atoms with Gasteiger partial charge in [-0.1, -0.05) is 24.3 Å². The highest BCUT2D eigenvalue weighted by molar-refractivity contribution is 5.92. The molecule has 3 aromatic rings. The van der Waals surface area contributed by atoms with E-state index in [2.05, 4.69) is 4.98 Å². The second-order valence-electron chi connectivity index (χ2n) is 7.53. The van der Waals surface area contributed by atoms with Crippen molar-refractivity contribution in [1.82, 2.24) is 14.8 Å². The quantitative estimate of drug-likeness (QED) is 0.579. The van der Waals surface area contributed by atoms with Crippen LogP contribution in [0.5, 0.6) is 0 Å². The maximum Gasteiger partial charge on any atom is 0.275 e. The minimum Gasteiger partial charge on any atom is -0.447 e. The zero-order valence-electron chi connectivity index (χ0n) is 16.6. The molecular formula is C23H23F2N3O2. The maximum absolute atomic E-state index is 13.6. The predicted octanol–water partition coefficient (Wildman–Crippen LogP) is 4.39. The zero-order valence-corrected chi connectivity index (χ0v) is 16.6. The second kappa shape index (κ2) is 9.17. The minimum absolute atomic E-state index is 0.113. The van der Waals surface area contributed by atoms with Gasteiger partial charge in [0.1, 0.15) is 17.9 Å². The number of halogens is 2. The van der Waals surface area contributed by atoms with E-state index in [1.807, 2.05) is 11.0 Å². The van der Waals surface area contributed by atoms with Crippen LogP contribution in [0.4, 0.5) is 8.78 Å². The Balaban J connectivity index is 1.50. The van der Waals surface area contributed by atoms with Crippen molar-refractivity contribution in [2.24, 2.45) is 0 Å². The second-order valence-corrected chi connectivity index (χ2v) is 7.53. The van der Waals surface area contributed by atoms with Crippen LogP contribution in [0.15, 0.2) is 59.2 Å². The van der Waals surface area contributed by atoms with Crippen LogP contribution in [-0.2, 0) is 19.6 Å². The molecule has 0 N–H and O–H groups in total. The van der Waals surface area contributed by atoms with Crippen LogP contribution in [-0.4, -0.2) is 33.8 Å². The lowest BCUT2D eigenvalue weighted by Crippen LogP contribution is -2.28. The fourth-order valence-corrected chi connectivity index (χ4v) is 3.66. The molecule has 0 unspecified atom stereocenters. The standard InChI is InChI=1S/C23H23F2N3O2/c24-19-8-6-17(7-9-19)13-27(14-18-4-3-5-20(25)12-18)15-22-26-21(16-30-22)23(29)28-10-1-2-11-28/h3-9,12,16H,1-2,10-11,13-15H2.